The van der Waals surface area contributed by atoms with Gasteiger partial charge in [0, 0.05) is 22.9 Å². The van der Waals surface area contributed by atoms with Gasteiger partial charge in [-0.1, -0.05) is 28.9 Å². The largest absolute Gasteiger partial charge is 0.310 e. The SMILES string of the molecule is CCCNC(C)c1ccc(Br)cc1-n1ccnc1C. The van der Waals surface area contributed by atoms with Gasteiger partial charge in [-0.25, -0.2) is 4.98 Å². The second kappa shape index (κ2) is 6.35. The molecule has 0 amide bonds. The van der Waals surface area contributed by atoms with Gasteiger partial charge < -0.3 is 9.88 Å². The van der Waals surface area contributed by atoms with Crippen LogP contribution in [0.25, 0.3) is 5.69 Å². The van der Waals surface area contributed by atoms with E-state index < -0.39 is 0 Å². The van der Waals surface area contributed by atoms with Crippen molar-refractivity contribution >= 4 is 15.9 Å². The van der Waals surface area contributed by atoms with Gasteiger partial charge in [0.05, 0.1) is 5.69 Å². The van der Waals surface area contributed by atoms with E-state index in [0.29, 0.717) is 6.04 Å². The van der Waals surface area contributed by atoms with Crippen LogP contribution in [0.2, 0.25) is 0 Å². The Hall–Kier alpha value is -1.13. The van der Waals surface area contributed by atoms with E-state index in [1.807, 2.05) is 19.3 Å². The Kier molecular flexibility index (Phi) is 4.77. The van der Waals surface area contributed by atoms with Crippen molar-refractivity contribution in [1.29, 1.82) is 0 Å². The van der Waals surface area contributed by atoms with Crippen LogP contribution >= 0.6 is 15.9 Å². The summed E-state index contributed by atoms with van der Waals surface area (Å²) in [5, 5.41) is 3.54. The Morgan fingerprint density at radius 2 is 2.21 bits per heavy atom. The molecule has 1 unspecified atom stereocenters. The molecule has 0 aliphatic heterocycles. The molecule has 102 valence electrons. The van der Waals surface area contributed by atoms with Crippen LogP contribution in [0.4, 0.5) is 0 Å². The Morgan fingerprint density at radius 1 is 1.42 bits per heavy atom. The molecule has 19 heavy (non-hydrogen) atoms. The Balaban J connectivity index is 2.41. The van der Waals surface area contributed by atoms with Gasteiger partial charge in [0.15, 0.2) is 0 Å². The van der Waals surface area contributed by atoms with E-state index in [9.17, 15) is 0 Å². The smallest absolute Gasteiger partial charge is 0.110 e. The maximum Gasteiger partial charge on any atom is 0.110 e. The molecular formula is C15H20BrN3. The number of aromatic nitrogens is 2. The second-order valence-corrected chi connectivity index (χ2v) is 5.64. The van der Waals surface area contributed by atoms with Gasteiger partial charge in [-0.3, -0.25) is 0 Å². The zero-order valence-electron chi connectivity index (χ0n) is 11.7. The average molecular weight is 322 g/mol. The van der Waals surface area contributed by atoms with Crippen LogP contribution in [0.5, 0.6) is 0 Å². The van der Waals surface area contributed by atoms with Gasteiger partial charge in [-0.2, -0.15) is 0 Å². The van der Waals surface area contributed by atoms with E-state index in [-0.39, 0.29) is 0 Å². The summed E-state index contributed by atoms with van der Waals surface area (Å²) in [5.41, 5.74) is 2.47. The first kappa shape index (κ1) is 14.3. The molecule has 0 spiro atoms. The normalized spacial score (nSPS) is 12.6. The molecule has 0 saturated heterocycles. The molecule has 2 aromatic rings. The lowest BCUT2D eigenvalue weighted by molar-refractivity contribution is 0.568. The molecule has 1 heterocycles. The van der Waals surface area contributed by atoms with Crippen LogP contribution in [0.3, 0.4) is 0 Å². The third kappa shape index (κ3) is 3.25. The predicted octanol–water partition coefficient (Wildman–Crippen LogP) is 4.00. The molecular weight excluding hydrogens is 302 g/mol. The van der Waals surface area contributed by atoms with Gasteiger partial charge in [-0.05, 0) is 44.5 Å². The summed E-state index contributed by atoms with van der Waals surface area (Å²) in [7, 11) is 0. The first-order chi connectivity index (χ1) is 9.13. The number of nitrogens with one attached hydrogen (secondary N) is 1. The van der Waals surface area contributed by atoms with Crippen LogP contribution in [0.15, 0.2) is 35.1 Å². The molecule has 2 rings (SSSR count). The maximum atomic E-state index is 4.31. The first-order valence-electron chi connectivity index (χ1n) is 6.66. The Bertz CT molecular complexity index is 548. The number of imidazole rings is 1. The molecule has 1 atom stereocenters. The molecule has 1 aromatic carbocycles. The summed E-state index contributed by atoms with van der Waals surface area (Å²) in [5.74, 6) is 1.00. The minimum atomic E-state index is 0.324. The summed E-state index contributed by atoms with van der Waals surface area (Å²) < 4.78 is 3.21. The zero-order valence-corrected chi connectivity index (χ0v) is 13.2. The highest BCUT2D eigenvalue weighted by Gasteiger charge is 2.13. The molecule has 3 nitrogen and oxygen atoms in total. The van der Waals surface area contributed by atoms with Crippen molar-refractivity contribution in [3.63, 3.8) is 0 Å². The molecule has 0 aliphatic rings. The molecule has 0 aliphatic carbocycles. The number of benzene rings is 1. The fourth-order valence-electron chi connectivity index (χ4n) is 2.19. The van der Waals surface area contributed by atoms with Crippen molar-refractivity contribution in [2.45, 2.75) is 33.2 Å². The van der Waals surface area contributed by atoms with E-state index in [4.69, 9.17) is 0 Å². The lowest BCUT2D eigenvalue weighted by Crippen LogP contribution is -2.20. The minimum absolute atomic E-state index is 0.324. The highest BCUT2D eigenvalue weighted by molar-refractivity contribution is 9.10. The minimum Gasteiger partial charge on any atom is -0.310 e. The van der Waals surface area contributed by atoms with Crippen molar-refractivity contribution in [2.24, 2.45) is 0 Å². The van der Waals surface area contributed by atoms with Crippen molar-refractivity contribution in [1.82, 2.24) is 14.9 Å². The fraction of sp³-hybridized carbons (Fsp3) is 0.400. The highest BCUT2D eigenvalue weighted by Crippen LogP contribution is 2.26. The fourth-order valence-corrected chi connectivity index (χ4v) is 2.54. The highest BCUT2D eigenvalue weighted by atomic mass is 79.9. The number of hydrogen-bond donors (Lipinski definition) is 1. The van der Waals surface area contributed by atoms with Crippen LogP contribution in [0.1, 0.15) is 37.7 Å². The standard InChI is InChI=1S/C15H20BrN3/c1-4-7-17-11(2)14-6-5-13(16)10-15(14)19-9-8-18-12(19)3/h5-6,8-11,17H,4,7H2,1-3H3. The number of rotatable bonds is 5. The third-order valence-electron chi connectivity index (χ3n) is 3.24. The van der Waals surface area contributed by atoms with Crippen LogP contribution in [0, 0.1) is 6.92 Å². The molecule has 0 saturated carbocycles. The van der Waals surface area contributed by atoms with Crippen LogP contribution in [-0.2, 0) is 0 Å². The quantitative estimate of drug-likeness (QED) is 0.901. The average Bonchev–Trinajstić information content (AvgIpc) is 2.82. The lowest BCUT2D eigenvalue weighted by Gasteiger charge is -2.19. The van der Waals surface area contributed by atoms with Crippen molar-refractivity contribution in [3.8, 4) is 5.69 Å². The van der Waals surface area contributed by atoms with Crippen molar-refractivity contribution in [2.75, 3.05) is 6.54 Å². The number of nitrogens with zero attached hydrogens (tertiary/aromatic N) is 2. The third-order valence-corrected chi connectivity index (χ3v) is 3.74. The molecule has 1 N–H and O–H groups in total. The topological polar surface area (TPSA) is 29.9 Å². The molecule has 1 aromatic heterocycles. The van der Waals surface area contributed by atoms with Gasteiger partial charge in [0.2, 0.25) is 0 Å². The summed E-state index contributed by atoms with van der Waals surface area (Å²) in [6.07, 6.45) is 4.98. The molecule has 0 bridgehead atoms. The zero-order chi connectivity index (χ0) is 13.8. The van der Waals surface area contributed by atoms with Gasteiger partial charge in [-0.15, -0.1) is 0 Å². The molecule has 0 radical (unpaired) electrons. The second-order valence-electron chi connectivity index (χ2n) is 4.72. The van der Waals surface area contributed by atoms with Crippen LogP contribution < -0.4 is 5.32 Å². The first-order valence-corrected chi connectivity index (χ1v) is 7.46. The molecule has 0 fully saturated rings. The van der Waals surface area contributed by atoms with E-state index in [1.54, 1.807) is 0 Å². The molecule has 4 heteroatoms. The summed E-state index contributed by atoms with van der Waals surface area (Å²) >= 11 is 3.55. The van der Waals surface area contributed by atoms with Crippen molar-refractivity contribution < 1.29 is 0 Å². The lowest BCUT2D eigenvalue weighted by atomic mass is 10.1. The van der Waals surface area contributed by atoms with E-state index in [1.165, 1.54) is 11.3 Å². The summed E-state index contributed by atoms with van der Waals surface area (Å²) in [6.45, 7) is 7.44. The number of halogens is 1. The summed E-state index contributed by atoms with van der Waals surface area (Å²) in [4.78, 5) is 4.31. The van der Waals surface area contributed by atoms with E-state index in [2.05, 4.69) is 62.8 Å². The number of aryl methyl sites for hydroxylation is 1. The van der Waals surface area contributed by atoms with Gasteiger partial charge >= 0.3 is 0 Å². The Labute approximate surface area is 123 Å². The van der Waals surface area contributed by atoms with Gasteiger partial charge in [0.1, 0.15) is 5.82 Å². The number of hydrogen-bond acceptors (Lipinski definition) is 2. The Morgan fingerprint density at radius 3 is 2.84 bits per heavy atom. The van der Waals surface area contributed by atoms with Gasteiger partial charge in [0.25, 0.3) is 0 Å². The monoisotopic (exact) mass is 321 g/mol. The van der Waals surface area contributed by atoms with Crippen LogP contribution in [-0.4, -0.2) is 16.1 Å². The maximum absolute atomic E-state index is 4.31. The predicted molar refractivity (Wildman–Crippen MR) is 82.7 cm³/mol. The van der Waals surface area contributed by atoms with E-state index >= 15 is 0 Å². The van der Waals surface area contributed by atoms with Crippen molar-refractivity contribution in [3.05, 3.63) is 46.5 Å². The summed E-state index contributed by atoms with van der Waals surface area (Å²) in [6, 6.07) is 6.74. The van der Waals surface area contributed by atoms with E-state index in [0.717, 1.165) is 23.3 Å².